The third-order valence-corrected chi connectivity index (χ3v) is 4.84. The Kier molecular flexibility index (Phi) is 6.12. The minimum absolute atomic E-state index is 0.0182. The number of carbonyl (C=O) groups is 1. The summed E-state index contributed by atoms with van der Waals surface area (Å²) in [5.74, 6) is 1.09. The summed E-state index contributed by atoms with van der Waals surface area (Å²) in [5, 5.41) is 0. The van der Waals surface area contributed by atoms with Gasteiger partial charge in [0, 0.05) is 11.4 Å². The van der Waals surface area contributed by atoms with Crippen molar-refractivity contribution in [3.63, 3.8) is 0 Å². The molecule has 0 atom stereocenters. The van der Waals surface area contributed by atoms with Crippen molar-refractivity contribution in [3.05, 3.63) is 103 Å². The molecule has 0 fully saturated rings. The first-order valence-corrected chi connectivity index (χ1v) is 10.1. The monoisotopic (exact) mass is 427 g/mol. The third-order valence-electron chi connectivity index (χ3n) is 4.84. The van der Waals surface area contributed by atoms with Crippen molar-refractivity contribution in [2.24, 2.45) is 5.73 Å². The highest BCUT2D eigenvalue weighted by atomic mass is 19.1. The van der Waals surface area contributed by atoms with Gasteiger partial charge in [0.05, 0.1) is 0 Å². The molecule has 4 rings (SSSR count). The Labute approximate surface area is 185 Å². The van der Waals surface area contributed by atoms with Crippen LogP contribution >= 0.6 is 0 Å². The second-order valence-corrected chi connectivity index (χ2v) is 7.32. The van der Waals surface area contributed by atoms with Gasteiger partial charge in [-0.1, -0.05) is 30.3 Å². The summed E-state index contributed by atoms with van der Waals surface area (Å²) in [7, 11) is 0. The van der Waals surface area contributed by atoms with Crippen molar-refractivity contribution in [2.45, 2.75) is 6.92 Å². The lowest BCUT2D eigenvalue weighted by atomic mass is 10.1. The molecule has 6 heteroatoms. The van der Waals surface area contributed by atoms with E-state index >= 15 is 0 Å². The number of anilines is 2. The summed E-state index contributed by atoms with van der Waals surface area (Å²) in [4.78, 5) is 18.1. The predicted molar refractivity (Wildman–Crippen MR) is 124 cm³/mol. The standard InChI is InChI=1S/C26H22FN3O2/c1-18-15-20(16-26(29-18)30(17-25(28)31)22-5-3-2-4-6-22)19-7-11-23(12-8-19)32-24-13-9-21(27)10-14-24/h2-16H,17H2,1H3,(H2,28,31). The Morgan fingerprint density at radius 1 is 0.906 bits per heavy atom. The van der Waals surface area contributed by atoms with Gasteiger partial charge in [-0.3, -0.25) is 4.79 Å². The van der Waals surface area contributed by atoms with E-state index in [1.54, 1.807) is 17.0 Å². The minimum Gasteiger partial charge on any atom is -0.457 e. The molecule has 3 aromatic carbocycles. The van der Waals surface area contributed by atoms with E-state index in [9.17, 15) is 9.18 Å². The second-order valence-electron chi connectivity index (χ2n) is 7.32. The van der Waals surface area contributed by atoms with Gasteiger partial charge in [-0.25, -0.2) is 9.37 Å². The highest BCUT2D eigenvalue weighted by molar-refractivity contribution is 5.83. The molecule has 1 amide bonds. The van der Waals surface area contributed by atoms with E-state index in [0.717, 1.165) is 22.5 Å². The molecular weight excluding hydrogens is 405 g/mol. The number of aromatic nitrogens is 1. The zero-order valence-electron chi connectivity index (χ0n) is 17.5. The molecule has 0 aliphatic rings. The van der Waals surface area contributed by atoms with E-state index in [-0.39, 0.29) is 12.4 Å². The molecule has 5 nitrogen and oxygen atoms in total. The molecule has 0 saturated heterocycles. The molecule has 0 spiro atoms. The first-order chi connectivity index (χ1) is 15.5. The lowest BCUT2D eigenvalue weighted by molar-refractivity contribution is -0.116. The summed E-state index contributed by atoms with van der Waals surface area (Å²) in [5.41, 5.74) is 9.06. The zero-order chi connectivity index (χ0) is 22.5. The Bertz CT molecular complexity index is 1210. The van der Waals surface area contributed by atoms with Gasteiger partial charge in [0.25, 0.3) is 0 Å². The predicted octanol–water partition coefficient (Wildman–Crippen LogP) is 5.61. The Morgan fingerprint density at radius 2 is 1.53 bits per heavy atom. The van der Waals surface area contributed by atoms with E-state index in [1.807, 2.05) is 73.7 Å². The van der Waals surface area contributed by atoms with Crippen LogP contribution in [0.15, 0.2) is 91.0 Å². The van der Waals surface area contributed by atoms with Crippen LogP contribution in [-0.4, -0.2) is 17.4 Å². The second kappa shape index (κ2) is 9.31. The lowest BCUT2D eigenvalue weighted by Crippen LogP contribution is -2.30. The average molecular weight is 427 g/mol. The van der Waals surface area contributed by atoms with Gasteiger partial charge < -0.3 is 15.4 Å². The molecule has 0 aliphatic carbocycles. The van der Waals surface area contributed by atoms with Gasteiger partial charge in [-0.05, 0) is 78.7 Å². The number of rotatable bonds is 7. The number of para-hydroxylation sites is 1. The summed E-state index contributed by atoms with van der Waals surface area (Å²) in [6, 6.07) is 26.9. The highest BCUT2D eigenvalue weighted by Gasteiger charge is 2.15. The van der Waals surface area contributed by atoms with Gasteiger partial charge >= 0.3 is 0 Å². The number of ether oxygens (including phenoxy) is 1. The summed E-state index contributed by atoms with van der Waals surface area (Å²) in [6.07, 6.45) is 0. The van der Waals surface area contributed by atoms with Crippen LogP contribution in [0, 0.1) is 12.7 Å². The number of carbonyl (C=O) groups excluding carboxylic acids is 1. The summed E-state index contributed by atoms with van der Waals surface area (Å²) < 4.78 is 18.8. The van der Waals surface area contributed by atoms with Crippen molar-refractivity contribution in [2.75, 3.05) is 11.4 Å². The maximum atomic E-state index is 13.1. The van der Waals surface area contributed by atoms with Crippen LogP contribution in [0.1, 0.15) is 5.69 Å². The molecule has 2 N–H and O–H groups in total. The first-order valence-electron chi connectivity index (χ1n) is 10.1. The number of nitrogens with zero attached hydrogens (tertiary/aromatic N) is 2. The lowest BCUT2D eigenvalue weighted by Gasteiger charge is -2.23. The molecule has 0 bridgehead atoms. The van der Waals surface area contributed by atoms with Crippen LogP contribution in [0.2, 0.25) is 0 Å². The number of primary amides is 1. The fourth-order valence-corrected chi connectivity index (χ4v) is 3.38. The Hall–Kier alpha value is -4.19. The first kappa shape index (κ1) is 21.1. The number of aryl methyl sites for hydroxylation is 1. The fourth-order valence-electron chi connectivity index (χ4n) is 3.38. The smallest absolute Gasteiger partial charge is 0.237 e. The van der Waals surface area contributed by atoms with Crippen molar-refractivity contribution in [1.29, 1.82) is 0 Å². The highest BCUT2D eigenvalue weighted by Crippen LogP contribution is 2.30. The quantitative estimate of drug-likeness (QED) is 0.416. The normalized spacial score (nSPS) is 10.6. The zero-order valence-corrected chi connectivity index (χ0v) is 17.5. The molecule has 32 heavy (non-hydrogen) atoms. The van der Waals surface area contributed by atoms with Crippen LogP contribution in [0.25, 0.3) is 11.1 Å². The van der Waals surface area contributed by atoms with Gasteiger partial charge in [-0.2, -0.15) is 0 Å². The van der Waals surface area contributed by atoms with Crippen LogP contribution < -0.4 is 15.4 Å². The van der Waals surface area contributed by atoms with Crippen molar-refractivity contribution >= 4 is 17.4 Å². The molecular formula is C26H22FN3O2. The number of hydrogen-bond donors (Lipinski definition) is 1. The van der Waals surface area contributed by atoms with Crippen LogP contribution in [-0.2, 0) is 4.79 Å². The largest absolute Gasteiger partial charge is 0.457 e. The summed E-state index contributed by atoms with van der Waals surface area (Å²) in [6.45, 7) is 1.93. The van der Waals surface area contributed by atoms with Crippen molar-refractivity contribution < 1.29 is 13.9 Å². The fraction of sp³-hybridized carbons (Fsp3) is 0.0769. The van der Waals surface area contributed by atoms with Gasteiger partial charge in [0.2, 0.25) is 5.91 Å². The molecule has 0 radical (unpaired) electrons. The minimum atomic E-state index is -0.444. The molecule has 160 valence electrons. The molecule has 0 saturated carbocycles. The van der Waals surface area contributed by atoms with Gasteiger partial charge in [0.1, 0.15) is 29.7 Å². The number of benzene rings is 3. The maximum Gasteiger partial charge on any atom is 0.237 e. The maximum absolute atomic E-state index is 13.1. The number of hydrogen-bond acceptors (Lipinski definition) is 4. The van der Waals surface area contributed by atoms with Gasteiger partial charge in [-0.15, -0.1) is 0 Å². The average Bonchev–Trinajstić information content (AvgIpc) is 2.79. The molecule has 1 heterocycles. The SMILES string of the molecule is Cc1cc(-c2ccc(Oc3ccc(F)cc3)cc2)cc(N(CC(N)=O)c2ccccc2)n1. The van der Waals surface area contributed by atoms with E-state index in [4.69, 9.17) is 10.5 Å². The Morgan fingerprint density at radius 3 is 2.16 bits per heavy atom. The molecule has 1 aromatic heterocycles. The number of nitrogens with two attached hydrogens (primary N) is 1. The Balaban J connectivity index is 1.63. The third kappa shape index (κ3) is 5.10. The van der Waals surface area contributed by atoms with Crippen LogP contribution in [0.4, 0.5) is 15.9 Å². The van der Waals surface area contributed by atoms with Crippen molar-refractivity contribution in [3.8, 4) is 22.6 Å². The van der Waals surface area contributed by atoms with Crippen molar-refractivity contribution in [1.82, 2.24) is 4.98 Å². The van der Waals surface area contributed by atoms with E-state index in [2.05, 4.69) is 4.98 Å². The topological polar surface area (TPSA) is 68.5 Å². The van der Waals surface area contributed by atoms with E-state index in [0.29, 0.717) is 17.3 Å². The number of pyridine rings is 1. The van der Waals surface area contributed by atoms with Crippen LogP contribution in [0.5, 0.6) is 11.5 Å². The molecule has 0 unspecified atom stereocenters. The van der Waals surface area contributed by atoms with Gasteiger partial charge in [0.15, 0.2) is 0 Å². The molecule has 4 aromatic rings. The summed E-state index contributed by atoms with van der Waals surface area (Å²) >= 11 is 0. The van der Waals surface area contributed by atoms with Crippen LogP contribution in [0.3, 0.4) is 0 Å². The number of amides is 1. The van der Waals surface area contributed by atoms with E-state index in [1.165, 1.54) is 12.1 Å². The molecule has 0 aliphatic heterocycles. The van der Waals surface area contributed by atoms with E-state index < -0.39 is 5.91 Å². The number of halogens is 1.